The first-order chi connectivity index (χ1) is 13.2. The van der Waals surface area contributed by atoms with E-state index < -0.39 is 0 Å². The van der Waals surface area contributed by atoms with Gasteiger partial charge in [0.1, 0.15) is 11.9 Å². The van der Waals surface area contributed by atoms with Crippen molar-refractivity contribution < 1.29 is 4.74 Å². The second-order valence-electron chi connectivity index (χ2n) is 9.01. The van der Waals surface area contributed by atoms with Gasteiger partial charge in [-0.3, -0.25) is 0 Å². The second-order valence-corrected chi connectivity index (χ2v) is 9.01. The van der Waals surface area contributed by atoms with Crippen LogP contribution in [0.1, 0.15) is 77.1 Å². The first-order valence-electron chi connectivity index (χ1n) is 11.4. The molecule has 152 valence electrons. The Kier molecular flexibility index (Phi) is 6.51. The quantitative estimate of drug-likeness (QED) is 0.852. The molecular weight excluding hydrogens is 336 g/mol. The lowest BCUT2D eigenvalue weighted by Crippen LogP contribution is -2.52. The normalized spacial score (nSPS) is 34.0. The van der Waals surface area contributed by atoms with Crippen LogP contribution in [0.25, 0.3) is 0 Å². The summed E-state index contributed by atoms with van der Waals surface area (Å²) in [6.45, 7) is 8.95. The fourth-order valence-corrected chi connectivity index (χ4v) is 5.52. The standard InChI is InChI=1S/C22H38N4O/c1-3-25-14-11-23-22(25)21-20(8-5-15-27-21)24-18-9-12-26(13-10-18)19-7-4-6-17(2)16-19/h11,14,17-21,24H,3-10,12-13,15-16H2,1-2H3/t17-,19-,20-,21-/m0/s1. The number of nitrogens with zero attached hydrogens (tertiary/aromatic N) is 3. The zero-order valence-electron chi connectivity index (χ0n) is 17.3. The summed E-state index contributed by atoms with van der Waals surface area (Å²) in [6, 6.07) is 1.87. The molecule has 1 saturated carbocycles. The maximum atomic E-state index is 6.19. The molecule has 0 unspecified atom stereocenters. The van der Waals surface area contributed by atoms with Gasteiger partial charge in [-0.1, -0.05) is 19.8 Å². The van der Waals surface area contributed by atoms with Crippen LogP contribution in [0, 0.1) is 5.92 Å². The first kappa shape index (κ1) is 19.4. The SMILES string of the molecule is CCn1ccnc1[C@H]1OCCC[C@@H]1NC1CCN([C@H]2CCC[C@H](C)C2)CC1. The van der Waals surface area contributed by atoms with E-state index in [2.05, 4.69) is 39.8 Å². The topological polar surface area (TPSA) is 42.3 Å². The van der Waals surface area contributed by atoms with Crippen molar-refractivity contribution in [3.05, 3.63) is 18.2 Å². The lowest BCUT2D eigenvalue weighted by molar-refractivity contribution is -0.0239. The Morgan fingerprint density at radius 1 is 1.15 bits per heavy atom. The monoisotopic (exact) mass is 374 g/mol. The van der Waals surface area contributed by atoms with Crippen LogP contribution >= 0.6 is 0 Å². The maximum Gasteiger partial charge on any atom is 0.139 e. The summed E-state index contributed by atoms with van der Waals surface area (Å²) >= 11 is 0. The van der Waals surface area contributed by atoms with E-state index in [4.69, 9.17) is 4.74 Å². The molecule has 4 rings (SSSR count). The molecule has 1 aromatic heterocycles. The smallest absolute Gasteiger partial charge is 0.139 e. The summed E-state index contributed by atoms with van der Waals surface area (Å²) in [7, 11) is 0. The van der Waals surface area contributed by atoms with Gasteiger partial charge in [-0.05, 0) is 64.5 Å². The van der Waals surface area contributed by atoms with Gasteiger partial charge in [0, 0.05) is 43.7 Å². The van der Waals surface area contributed by atoms with Gasteiger partial charge in [0.25, 0.3) is 0 Å². The van der Waals surface area contributed by atoms with Gasteiger partial charge >= 0.3 is 0 Å². The Hall–Kier alpha value is -0.910. The van der Waals surface area contributed by atoms with Crippen molar-refractivity contribution >= 4 is 0 Å². The number of piperidine rings is 1. The fraction of sp³-hybridized carbons (Fsp3) is 0.864. The van der Waals surface area contributed by atoms with Gasteiger partial charge < -0.3 is 19.5 Å². The number of hydrogen-bond donors (Lipinski definition) is 1. The van der Waals surface area contributed by atoms with E-state index in [0.29, 0.717) is 12.1 Å². The van der Waals surface area contributed by atoms with Crippen molar-refractivity contribution in [2.45, 2.75) is 96.0 Å². The Morgan fingerprint density at radius 2 is 2.00 bits per heavy atom. The van der Waals surface area contributed by atoms with Crippen LogP contribution in [0.5, 0.6) is 0 Å². The molecule has 1 N–H and O–H groups in total. The molecule has 0 amide bonds. The number of rotatable bonds is 5. The molecule has 27 heavy (non-hydrogen) atoms. The van der Waals surface area contributed by atoms with E-state index in [0.717, 1.165) is 37.4 Å². The van der Waals surface area contributed by atoms with Gasteiger partial charge in [-0.25, -0.2) is 4.98 Å². The fourth-order valence-electron chi connectivity index (χ4n) is 5.52. The third kappa shape index (κ3) is 4.57. The van der Waals surface area contributed by atoms with Crippen molar-refractivity contribution in [1.82, 2.24) is 19.8 Å². The van der Waals surface area contributed by atoms with Crippen LogP contribution in [0.15, 0.2) is 12.4 Å². The predicted molar refractivity (Wildman–Crippen MR) is 109 cm³/mol. The molecule has 2 aliphatic heterocycles. The number of ether oxygens (including phenoxy) is 1. The highest BCUT2D eigenvalue weighted by molar-refractivity contribution is 5.03. The van der Waals surface area contributed by atoms with E-state index in [9.17, 15) is 0 Å². The van der Waals surface area contributed by atoms with Crippen LogP contribution in [0.3, 0.4) is 0 Å². The van der Waals surface area contributed by atoms with Gasteiger partial charge in [0.2, 0.25) is 0 Å². The molecule has 2 saturated heterocycles. The van der Waals surface area contributed by atoms with Crippen LogP contribution in [-0.2, 0) is 11.3 Å². The van der Waals surface area contributed by atoms with Crippen molar-refractivity contribution in [3.63, 3.8) is 0 Å². The first-order valence-corrected chi connectivity index (χ1v) is 11.4. The highest BCUT2D eigenvalue weighted by Gasteiger charge is 2.34. The third-order valence-electron chi connectivity index (χ3n) is 7.07. The van der Waals surface area contributed by atoms with Gasteiger partial charge in [-0.15, -0.1) is 0 Å². The lowest BCUT2D eigenvalue weighted by atomic mass is 9.85. The molecule has 0 aromatic carbocycles. The molecule has 0 radical (unpaired) electrons. The highest BCUT2D eigenvalue weighted by atomic mass is 16.5. The molecule has 3 fully saturated rings. The highest BCUT2D eigenvalue weighted by Crippen LogP contribution is 2.31. The Labute approximate surface area is 164 Å². The van der Waals surface area contributed by atoms with Crippen LogP contribution in [0.2, 0.25) is 0 Å². The zero-order valence-corrected chi connectivity index (χ0v) is 17.3. The van der Waals surface area contributed by atoms with E-state index >= 15 is 0 Å². The van der Waals surface area contributed by atoms with E-state index in [1.807, 2.05) is 6.20 Å². The molecule has 5 heteroatoms. The van der Waals surface area contributed by atoms with Gasteiger partial charge in [0.05, 0.1) is 0 Å². The van der Waals surface area contributed by atoms with Crippen molar-refractivity contribution in [3.8, 4) is 0 Å². The number of imidazole rings is 1. The molecule has 3 aliphatic rings. The minimum atomic E-state index is 0.103. The van der Waals surface area contributed by atoms with Crippen molar-refractivity contribution in [1.29, 1.82) is 0 Å². The van der Waals surface area contributed by atoms with Crippen LogP contribution in [0.4, 0.5) is 0 Å². The van der Waals surface area contributed by atoms with Gasteiger partial charge in [-0.2, -0.15) is 0 Å². The van der Waals surface area contributed by atoms with Crippen molar-refractivity contribution in [2.75, 3.05) is 19.7 Å². The molecule has 1 aliphatic carbocycles. The lowest BCUT2D eigenvalue weighted by Gasteiger charge is -2.42. The average molecular weight is 375 g/mol. The van der Waals surface area contributed by atoms with Crippen LogP contribution in [-0.4, -0.2) is 52.3 Å². The van der Waals surface area contributed by atoms with Crippen molar-refractivity contribution in [2.24, 2.45) is 5.92 Å². The van der Waals surface area contributed by atoms with E-state index in [1.165, 1.54) is 58.0 Å². The number of hydrogen-bond acceptors (Lipinski definition) is 4. The summed E-state index contributed by atoms with van der Waals surface area (Å²) < 4.78 is 8.42. The molecule has 0 bridgehead atoms. The minimum Gasteiger partial charge on any atom is -0.369 e. The average Bonchev–Trinajstić information content (AvgIpc) is 3.18. The molecule has 4 atom stereocenters. The molecule has 3 heterocycles. The van der Waals surface area contributed by atoms with E-state index in [1.54, 1.807) is 0 Å². The summed E-state index contributed by atoms with van der Waals surface area (Å²) in [5.41, 5.74) is 0. The molecular formula is C22H38N4O. The third-order valence-corrected chi connectivity index (χ3v) is 7.07. The molecule has 0 spiro atoms. The zero-order chi connectivity index (χ0) is 18.6. The maximum absolute atomic E-state index is 6.19. The largest absolute Gasteiger partial charge is 0.369 e. The number of likely N-dealkylation sites (tertiary alicyclic amines) is 1. The summed E-state index contributed by atoms with van der Waals surface area (Å²) in [5, 5.41) is 3.97. The number of nitrogens with one attached hydrogen (secondary N) is 1. The minimum absolute atomic E-state index is 0.103. The Bertz CT molecular complexity index is 581. The Morgan fingerprint density at radius 3 is 2.78 bits per heavy atom. The number of aryl methyl sites for hydroxylation is 1. The Balaban J connectivity index is 1.32. The molecule has 1 aromatic rings. The van der Waals surface area contributed by atoms with Crippen LogP contribution < -0.4 is 5.32 Å². The predicted octanol–water partition coefficient (Wildman–Crippen LogP) is 3.76. The van der Waals surface area contributed by atoms with Gasteiger partial charge in [0.15, 0.2) is 0 Å². The van der Waals surface area contributed by atoms with E-state index in [-0.39, 0.29) is 6.10 Å². The summed E-state index contributed by atoms with van der Waals surface area (Å²) in [6.07, 6.45) is 14.7. The summed E-state index contributed by atoms with van der Waals surface area (Å²) in [4.78, 5) is 7.41. The molecule has 5 nitrogen and oxygen atoms in total. The second kappa shape index (κ2) is 9.06. The number of aromatic nitrogens is 2. The summed E-state index contributed by atoms with van der Waals surface area (Å²) in [5.74, 6) is 2.02.